The van der Waals surface area contributed by atoms with Crippen molar-refractivity contribution < 1.29 is 19.4 Å². The number of carbonyl (C=O) groups is 2. The Bertz CT molecular complexity index is 558. The van der Waals surface area contributed by atoms with Gasteiger partial charge >= 0.3 is 12.1 Å². The third kappa shape index (κ3) is 5.06. The molecule has 1 amide bonds. The van der Waals surface area contributed by atoms with Crippen LogP contribution >= 0.6 is 0 Å². The van der Waals surface area contributed by atoms with E-state index in [0.29, 0.717) is 11.3 Å². The van der Waals surface area contributed by atoms with Gasteiger partial charge in [-0.25, -0.2) is 4.79 Å². The van der Waals surface area contributed by atoms with Crippen molar-refractivity contribution in [3.05, 3.63) is 29.3 Å². The fraction of sp³-hybridized carbons (Fsp3) is 0.529. The fourth-order valence-electron chi connectivity index (χ4n) is 2.19. The van der Waals surface area contributed by atoms with E-state index in [4.69, 9.17) is 4.74 Å². The van der Waals surface area contributed by atoms with Gasteiger partial charge in [0.05, 0.1) is 5.92 Å². The lowest BCUT2D eigenvalue weighted by Crippen LogP contribution is -2.27. The van der Waals surface area contributed by atoms with Gasteiger partial charge in [0.15, 0.2) is 0 Å². The first kappa shape index (κ1) is 18.0. The Morgan fingerprint density at radius 2 is 1.82 bits per heavy atom. The molecule has 1 rings (SSSR count). The summed E-state index contributed by atoms with van der Waals surface area (Å²) in [5.74, 6) is -1.53. The van der Waals surface area contributed by atoms with E-state index in [1.807, 2.05) is 20.8 Å². The average Bonchev–Trinajstić information content (AvgIpc) is 2.29. The zero-order valence-corrected chi connectivity index (χ0v) is 14.1. The second-order valence-corrected chi connectivity index (χ2v) is 6.76. The number of hydrogen-bond donors (Lipinski definition) is 2. The van der Waals surface area contributed by atoms with Crippen molar-refractivity contribution in [1.29, 1.82) is 0 Å². The van der Waals surface area contributed by atoms with Gasteiger partial charge in [-0.2, -0.15) is 0 Å². The molecule has 0 fully saturated rings. The summed E-state index contributed by atoms with van der Waals surface area (Å²) in [5, 5.41) is 12.1. The third-order valence-corrected chi connectivity index (χ3v) is 3.19. The maximum Gasteiger partial charge on any atom is 0.412 e. The van der Waals surface area contributed by atoms with Gasteiger partial charge in [0.25, 0.3) is 0 Å². The van der Waals surface area contributed by atoms with Crippen molar-refractivity contribution in [3.8, 4) is 0 Å². The molecule has 1 unspecified atom stereocenters. The number of anilines is 1. The van der Waals surface area contributed by atoms with Gasteiger partial charge in [-0.05, 0) is 50.8 Å². The fourth-order valence-corrected chi connectivity index (χ4v) is 2.19. The van der Waals surface area contributed by atoms with Crippen LogP contribution in [0.3, 0.4) is 0 Å². The van der Waals surface area contributed by atoms with Gasteiger partial charge in [0.2, 0.25) is 0 Å². The monoisotopic (exact) mass is 307 g/mol. The summed E-state index contributed by atoms with van der Waals surface area (Å²) in [4.78, 5) is 23.3. The standard InChI is InChI=1S/C17H25NO4/c1-10(2)14(15(19)20)12-8-7-11(3)13(9-12)18-16(21)22-17(4,5)6/h7-10,14H,1-6H3,(H,18,21)(H,19,20). The molecule has 0 aromatic heterocycles. The summed E-state index contributed by atoms with van der Waals surface area (Å²) in [7, 11) is 0. The number of ether oxygens (including phenoxy) is 1. The number of rotatable bonds is 4. The van der Waals surface area contributed by atoms with Crippen molar-refractivity contribution in [2.24, 2.45) is 5.92 Å². The molecule has 22 heavy (non-hydrogen) atoms. The molecular formula is C17H25NO4. The minimum Gasteiger partial charge on any atom is -0.481 e. The Balaban J connectivity index is 3.04. The highest BCUT2D eigenvalue weighted by molar-refractivity contribution is 5.86. The molecular weight excluding hydrogens is 282 g/mol. The average molecular weight is 307 g/mol. The number of aliphatic carboxylic acids is 1. The third-order valence-electron chi connectivity index (χ3n) is 3.19. The van der Waals surface area contributed by atoms with E-state index in [2.05, 4.69) is 5.32 Å². The minimum absolute atomic E-state index is 0.0467. The van der Waals surface area contributed by atoms with Crippen molar-refractivity contribution in [2.45, 2.75) is 53.1 Å². The van der Waals surface area contributed by atoms with E-state index in [1.54, 1.807) is 39.0 Å². The zero-order valence-electron chi connectivity index (χ0n) is 14.1. The molecule has 5 heteroatoms. The molecule has 1 aromatic rings. The van der Waals surface area contributed by atoms with Gasteiger partial charge in [-0.3, -0.25) is 10.1 Å². The highest BCUT2D eigenvalue weighted by Gasteiger charge is 2.24. The number of carboxylic acids is 1. The molecule has 0 aliphatic rings. The van der Waals surface area contributed by atoms with E-state index < -0.39 is 23.6 Å². The minimum atomic E-state index is -0.873. The molecule has 0 radical (unpaired) electrons. The summed E-state index contributed by atoms with van der Waals surface area (Å²) in [5.41, 5.74) is 1.50. The number of nitrogens with one attached hydrogen (secondary N) is 1. The molecule has 2 N–H and O–H groups in total. The van der Waals surface area contributed by atoms with Crippen molar-refractivity contribution in [3.63, 3.8) is 0 Å². The van der Waals surface area contributed by atoms with Crippen LogP contribution in [-0.2, 0) is 9.53 Å². The number of carboxylic acid groups (broad SMARTS) is 1. The normalized spacial score (nSPS) is 12.9. The molecule has 0 heterocycles. The van der Waals surface area contributed by atoms with Gasteiger partial charge in [0.1, 0.15) is 5.60 Å². The molecule has 0 bridgehead atoms. The molecule has 1 atom stereocenters. The first-order valence-corrected chi connectivity index (χ1v) is 7.34. The van der Waals surface area contributed by atoms with E-state index in [9.17, 15) is 14.7 Å². The van der Waals surface area contributed by atoms with E-state index in [0.717, 1.165) is 5.56 Å². The molecule has 1 aromatic carbocycles. The zero-order chi connectivity index (χ0) is 17.1. The number of benzene rings is 1. The van der Waals surface area contributed by atoms with Crippen molar-refractivity contribution in [1.82, 2.24) is 0 Å². The Hall–Kier alpha value is -2.04. The Morgan fingerprint density at radius 3 is 2.27 bits per heavy atom. The molecule has 0 aliphatic carbocycles. The predicted octanol–water partition coefficient (Wildman–Crippen LogP) is 4.17. The summed E-state index contributed by atoms with van der Waals surface area (Å²) < 4.78 is 5.23. The summed E-state index contributed by atoms with van der Waals surface area (Å²) >= 11 is 0. The van der Waals surface area contributed by atoms with Crippen LogP contribution in [0, 0.1) is 12.8 Å². The topological polar surface area (TPSA) is 75.6 Å². The summed E-state index contributed by atoms with van der Waals surface area (Å²) in [6.07, 6.45) is -0.552. The van der Waals surface area contributed by atoms with E-state index in [1.165, 1.54) is 0 Å². The summed E-state index contributed by atoms with van der Waals surface area (Å²) in [6, 6.07) is 5.30. The lowest BCUT2D eigenvalue weighted by molar-refractivity contribution is -0.139. The highest BCUT2D eigenvalue weighted by Crippen LogP contribution is 2.28. The van der Waals surface area contributed by atoms with E-state index in [-0.39, 0.29) is 5.92 Å². The van der Waals surface area contributed by atoms with E-state index >= 15 is 0 Å². The maximum absolute atomic E-state index is 11.9. The van der Waals surface area contributed by atoms with Crippen LogP contribution < -0.4 is 5.32 Å². The summed E-state index contributed by atoms with van der Waals surface area (Å²) in [6.45, 7) is 10.9. The Labute approximate surface area is 131 Å². The van der Waals surface area contributed by atoms with Crippen molar-refractivity contribution in [2.75, 3.05) is 5.32 Å². The van der Waals surface area contributed by atoms with Crippen LogP contribution in [0.15, 0.2) is 18.2 Å². The first-order chi connectivity index (χ1) is 10.0. The lowest BCUT2D eigenvalue weighted by Gasteiger charge is -2.21. The maximum atomic E-state index is 11.9. The predicted molar refractivity (Wildman–Crippen MR) is 86.3 cm³/mol. The van der Waals surface area contributed by atoms with Crippen LogP contribution in [0.1, 0.15) is 51.7 Å². The van der Waals surface area contributed by atoms with Gasteiger partial charge < -0.3 is 9.84 Å². The van der Waals surface area contributed by atoms with Crippen LogP contribution in [0.4, 0.5) is 10.5 Å². The first-order valence-electron chi connectivity index (χ1n) is 7.34. The van der Waals surface area contributed by atoms with Gasteiger partial charge in [-0.1, -0.05) is 26.0 Å². The van der Waals surface area contributed by atoms with Gasteiger partial charge in [-0.15, -0.1) is 0 Å². The molecule has 0 saturated heterocycles. The lowest BCUT2D eigenvalue weighted by atomic mass is 9.88. The van der Waals surface area contributed by atoms with Gasteiger partial charge in [0, 0.05) is 5.69 Å². The molecule has 5 nitrogen and oxygen atoms in total. The SMILES string of the molecule is Cc1ccc(C(C(=O)O)C(C)C)cc1NC(=O)OC(C)(C)C. The highest BCUT2D eigenvalue weighted by atomic mass is 16.6. The second kappa shape index (κ2) is 6.81. The Kier molecular flexibility index (Phi) is 5.58. The number of aryl methyl sites for hydroxylation is 1. The molecule has 0 aliphatic heterocycles. The number of hydrogen-bond acceptors (Lipinski definition) is 3. The second-order valence-electron chi connectivity index (χ2n) is 6.76. The largest absolute Gasteiger partial charge is 0.481 e. The van der Waals surface area contributed by atoms with Crippen LogP contribution in [-0.4, -0.2) is 22.8 Å². The van der Waals surface area contributed by atoms with Crippen molar-refractivity contribution >= 4 is 17.7 Å². The molecule has 0 saturated carbocycles. The number of amides is 1. The van der Waals surface area contributed by atoms with Crippen LogP contribution in [0.2, 0.25) is 0 Å². The Morgan fingerprint density at radius 1 is 1.23 bits per heavy atom. The smallest absolute Gasteiger partial charge is 0.412 e. The van der Waals surface area contributed by atoms with Crippen LogP contribution in [0.25, 0.3) is 0 Å². The molecule has 122 valence electrons. The number of carbonyl (C=O) groups excluding carboxylic acids is 1. The van der Waals surface area contributed by atoms with Crippen LogP contribution in [0.5, 0.6) is 0 Å². The quantitative estimate of drug-likeness (QED) is 0.875. The molecule has 0 spiro atoms.